The number of aryl methyl sites for hydroxylation is 1. The van der Waals surface area contributed by atoms with Crippen LogP contribution < -0.4 is 0 Å². The van der Waals surface area contributed by atoms with E-state index in [4.69, 9.17) is 8.23 Å². The van der Waals surface area contributed by atoms with E-state index >= 15 is 0 Å². The van der Waals surface area contributed by atoms with Crippen molar-refractivity contribution in [3.05, 3.63) is 53.7 Å². The van der Waals surface area contributed by atoms with Crippen LogP contribution in [0.15, 0.2) is 42.6 Å². The Kier molecular flexibility index (Phi) is 7.45. The Morgan fingerprint density at radius 1 is 0.970 bits per heavy atom. The lowest BCUT2D eigenvalue weighted by molar-refractivity contribution is 0.368. The predicted molar refractivity (Wildman–Crippen MR) is 146 cm³/mol. The van der Waals surface area contributed by atoms with Crippen molar-refractivity contribution in [3.8, 4) is 11.4 Å². The summed E-state index contributed by atoms with van der Waals surface area (Å²) in [4.78, 5) is 0. The van der Waals surface area contributed by atoms with E-state index < -0.39 is 25.2 Å². The summed E-state index contributed by atoms with van der Waals surface area (Å²) in [5, 5.41) is 16.9. The van der Waals surface area contributed by atoms with Crippen LogP contribution in [0.1, 0.15) is 18.1 Å². The fourth-order valence-electron chi connectivity index (χ4n) is 4.73. The molecule has 1 heterocycles. The molecular formula is C25H40N2O3Si3. The van der Waals surface area contributed by atoms with Gasteiger partial charge >= 0.3 is 8.56 Å². The van der Waals surface area contributed by atoms with Gasteiger partial charge in [-0.1, -0.05) is 31.2 Å². The first-order valence-electron chi connectivity index (χ1n) is 11.8. The van der Waals surface area contributed by atoms with E-state index in [0.717, 1.165) is 40.2 Å². The molecule has 3 aromatic rings. The van der Waals surface area contributed by atoms with E-state index in [1.165, 1.54) is 0 Å². The molecule has 0 radical (unpaired) electrons. The van der Waals surface area contributed by atoms with E-state index in [1.54, 1.807) is 4.68 Å². The van der Waals surface area contributed by atoms with Gasteiger partial charge in [0.05, 0.1) is 5.52 Å². The average Bonchev–Trinajstić information content (AvgIpc) is 3.04. The molecule has 180 valence electrons. The maximum absolute atomic E-state index is 11.2. The van der Waals surface area contributed by atoms with Gasteiger partial charge in [-0.25, -0.2) is 4.68 Å². The SMILES string of the molecule is Cc1cc(CC(C)C[Si](C)(O[Si](C)(C)C)O[Si](C)(C)C)c(O)c(-n2cc3ccccc3n2)c1. The van der Waals surface area contributed by atoms with Gasteiger partial charge in [0.15, 0.2) is 16.6 Å². The summed E-state index contributed by atoms with van der Waals surface area (Å²) >= 11 is 0. The Balaban J connectivity index is 1.87. The van der Waals surface area contributed by atoms with Crippen LogP contribution in [0, 0.1) is 12.8 Å². The minimum absolute atomic E-state index is 0.306. The number of rotatable bonds is 9. The number of hydrogen-bond acceptors (Lipinski definition) is 4. The van der Waals surface area contributed by atoms with Gasteiger partial charge in [-0.15, -0.1) is 0 Å². The van der Waals surface area contributed by atoms with Crippen LogP contribution >= 0.6 is 0 Å². The predicted octanol–water partition coefficient (Wildman–Crippen LogP) is 6.99. The van der Waals surface area contributed by atoms with E-state index in [0.29, 0.717) is 11.7 Å². The topological polar surface area (TPSA) is 56.5 Å². The number of benzene rings is 2. The summed E-state index contributed by atoms with van der Waals surface area (Å²) < 4.78 is 15.2. The fourth-order valence-corrected chi connectivity index (χ4v) is 17.7. The number of nitrogens with zero attached hydrogens (tertiary/aromatic N) is 2. The molecule has 33 heavy (non-hydrogen) atoms. The van der Waals surface area contributed by atoms with Gasteiger partial charge in [0.25, 0.3) is 0 Å². The third-order valence-electron chi connectivity index (χ3n) is 5.31. The van der Waals surface area contributed by atoms with Crippen LogP contribution in [0.2, 0.25) is 51.9 Å². The maximum Gasteiger partial charge on any atom is 0.314 e. The minimum atomic E-state index is -2.34. The number of aromatic hydroxyl groups is 1. The Labute approximate surface area is 202 Å². The second kappa shape index (κ2) is 9.50. The molecule has 0 aliphatic rings. The van der Waals surface area contributed by atoms with Crippen molar-refractivity contribution in [2.75, 3.05) is 0 Å². The van der Waals surface area contributed by atoms with Crippen molar-refractivity contribution in [1.82, 2.24) is 9.78 Å². The largest absolute Gasteiger partial charge is 0.505 e. The molecular weight excluding hydrogens is 461 g/mol. The van der Waals surface area contributed by atoms with Crippen LogP contribution in [-0.4, -0.2) is 40.1 Å². The van der Waals surface area contributed by atoms with Gasteiger partial charge in [0, 0.05) is 11.6 Å². The van der Waals surface area contributed by atoms with Crippen molar-refractivity contribution < 1.29 is 13.3 Å². The highest BCUT2D eigenvalue weighted by molar-refractivity contribution is 6.87. The van der Waals surface area contributed by atoms with Crippen LogP contribution in [-0.2, 0) is 14.7 Å². The molecule has 0 spiro atoms. The zero-order valence-electron chi connectivity index (χ0n) is 21.7. The molecule has 0 bridgehead atoms. The molecule has 2 aromatic carbocycles. The lowest BCUT2D eigenvalue weighted by Gasteiger charge is -2.39. The lowest BCUT2D eigenvalue weighted by atomic mass is 9.99. The van der Waals surface area contributed by atoms with Crippen molar-refractivity contribution in [2.24, 2.45) is 5.92 Å². The molecule has 0 saturated heterocycles. The first-order chi connectivity index (χ1) is 15.1. The van der Waals surface area contributed by atoms with E-state index in [9.17, 15) is 5.11 Å². The van der Waals surface area contributed by atoms with Crippen molar-refractivity contribution in [1.29, 1.82) is 0 Å². The zero-order valence-corrected chi connectivity index (χ0v) is 24.7. The molecule has 8 heteroatoms. The van der Waals surface area contributed by atoms with Crippen LogP contribution in [0.3, 0.4) is 0 Å². The molecule has 0 aliphatic carbocycles. The molecule has 1 unspecified atom stereocenters. The van der Waals surface area contributed by atoms with E-state index in [-0.39, 0.29) is 0 Å². The number of aromatic nitrogens is 2. The quantitative estimate of drug-likeness (QED) is 0.322. The van der Waals surface area contributed by atoms with Crippen molar-refractivity contribution in [3.63, 3.8) is 0 Å². The highest BCUT2D eigenvalue weighted by Gasteiger charge is 2.41. The molecule has 0 saturated carbocycles. The number of fused-ring (bicyclic) bond motifs is 1. The van der Waals surface area contributed by atoms with Gasteiger partial charge in [0.2, 0.25) is 0 Å². The average molecular weight is 501 g/mol. The van der Waals surface area contributed by atoms with Crippen LogP contribution in [0.5, 0.6) is 5.75 Å². The lowest BCUT2D eigenvalue weighted by Crippen LogP contribution is -2.53. The van der Waals surface area contributed by atoms with Crippen LogP contribution in [0.4, 0.5) is 0 Å². The van der Waals surface area contributed by atoms with Crippen LogP contribution in [0.25, 0.3) is 16.6 Å². The summed E-state index contributed by atoms with van der Waals surface area (Å²) in [6.07, 6.45) is 2.75. The normalized spacial score (nSPS) is 14.1. The summed E-state index contributed by atoms with van der Waals surface area (Å²) in [5.41, 5.74) is 3.71. The Morgan fingerprint density at radius 3 is 2.15 bits per heavy atom. The number of phenolic OH excluding ortho intramolecular Hbond substituents is 1. The highest BCUT2D eigenvalue weighted by atomic mass is 28.5. The van der Waals surface area contributed by atoms with Gasteiger partial charge in [-0.3, -0.25) is 0 Å². The smallest absolute Gasteiger partial charge is 0.314 e. The summed E-state index contributed by atoms with van der Waals surface area (Å²) in [6.45, 7) is 20.0. The molecule has 0 amide bonds. The Bertz CT molecular complexity index is 1070. The molecule has 1 atom stereocenters. The minimum Gasteiger partial charge on any atom is -0.505 e. The highest BCUT2D eigenvalue weighted by Crippen LogP contribution is 2.34. The number of phenols is 1. The van der Waals surface area contributed by atoms with E-state index in [1.807, 2.05) is 36.5 Å². The molecule has 0 fully saturated rings. The third-order valence-corrected chi connectivity index (χ3v) is 15.1. The zero-order chi connectivity index (χ0) is 24.6. The Morgan fingerprint density at radius 2 is 1.58 bits per heavy atom. The second-order valence-corrected chi connectivity index (χ2v) is 24.3. The summed E-state index contributed by atoms with van der Waals surface area (Å²) in [5.74, 6) is 0.632. The number of hydrogen-bond donors (Lipinski definition) is 1. The monoisotopic (exact) mass is 500 g/mol. The Hall–Kier alpha value is -1.72. The maximum atomic E-state index is 11.2. The molecule has 0 aliphatic heterocycles. The first kappa shape index (κ1) is 25.9. The van der Waals surface area contributed by atoms with E-state index in [2.05, 4.69) is 70.8 Å². The first-order valence-corrected chi connectivity index (χ1v) is 21.2. The van der Waals surface area contributed by atoms with Gasteiger partial charge < -0.3 is 13.3 Å². The van der Waals surface area contributed by atoms with Crippen molar-refractivity contribution in [2.45, 2.75) is 72.1 Å². The van der Waals surface area contributed by atoms with Crippen molar-refractivity contribution >= 4 is 36.1 Å². The standard InChI is InChI=1S/C25H40N2O3Si3/c1-19-14-22(15-20(2)18-33(9,29-31(3,4)5)30-32(6,7)8)25(28)24(16-19)27-17-21-12-10-11-13-23(21)26-27/h10-14,16-17,20,28H,15,18H2,1-9H3. The third kappa shape index (κ3) is 7.13. The molecule has 3 rings (SSSR count). The molecule has 1 N–H and O–H groups in total. The van der Waals surface area contributed by atoms with Gasteiger partial charge in [-0.05, 0) is 94.4 Å². The fraction of sp³-hybridized carbons (Fsp3) is 0.480. The molecule has 1 aromatic heterocycles. The second-order valence-electron chi connectivity index (χ2n) is 11.5. The molecule has 5 nitrogen and oxygen atoms in total. The summed E-state index contributed by atoms with van der Waals surface area (Å²) in [7, 11) is -5.83. The van der Waals surface area contributed by atoms with Gasteiger partial charge in [-0.2, -0.15) is 5.10 Å². The van der Waals surface area contributed by atoms with Gasteiger partial charge in [0.1, 0.15) is 11.4 Å². The summed E-state index contributed by atoms with van der Waals surface area (Å²) in [6, 6.07) is 13.0.